The summed E-state index contributed by atoms with van der Waals surface area (Å²) < 4.78 is 26.9. The normalized spacial score (nSPS) is 15.4. The number of halogens is 2. The SMILES string of the molecule is O=C([O-])Cc1ccc(N=C2NC(=O)C(=Cc3ccc(-c4cc(F)cc(F)c4)cc3)S2)cc1.[Na+]. The minimum absolute atomic E-state index is 0. The second kappa shape index (κ2) is 10.9. The molecule has 1 fully saturated rings. The maximum Gasteiger partial charge on any atom is 1.00 e. The molecule has 0 bridgehead atoms. The van der Waals surface area contributed by atoms with Crippen LogP contribution >= 0.6 is 11.8 Å². The molecule has 9 heteroatoms. The molecular formula is C24H15F2N2NaO3S. The molecule has 1 saturated heterocycles. The van der Waals surface area contributed by atoms with Gasteiger partial charge >= 0.3 is 29.6 Å². The predicted octanol–water partition coefficient (Wildman–Crippen LogP) is 0.820. The van der Waals surface area contributed by atoms with Crippen LogP contribution in [0.4, 0.5) is 14.5 Å². The second-order valence-corrected chi connectivity index (χ2v) is 8.01. The van der Waals surface area contributed by atoms with Gasteiger partial charge in [0.05, 0.1) is 10.6 Å². The Bertz CT molecular complexity index is 1240. The zero-order valence-corrected chi connectivity index (χ0v) is 20.3. The van der Waals surface area contributed by atoms with Crippen LogP contribution in [0.3, 0.4) is 0 Å². The number of aliphatic imine (C=N–C) groups is 1. The Morgan fingerprint density at radius 3 is 2.21 bits per heavy atom. The van der Waals surface area contributed by atoms with Crippen molar-refractivity contribution in [3.63, 3.8) is 0 Å². The summed E-state index contributed by atoms with van der Waals surface area (Å²) >= 11 is 1.17. The van der Waals surface area contributed by atoms with E-state index in [2.05, 4.69) is 10.3 Å². The number of carbonyl (C=O) groups excluding carboxylic acids is 2. The minimum Gasteiger partial charge on any atom is -0.550 e. The van der Waals surface area contributed by atoms with Crippen LogP contribution in [0.5, 0.6) is 0 Å². The summed E-state index contributed by atoms with van der Waals surface area (Å²) in [6.45, 7) is 0. The molecular weight excluding hydrogens is 457 g/mol. The summed E-state index contributed by atoms with van der Waals surface area (Å²) in [7, 11) is 0. The number of aliphatic carboxylic acids is 1. The molecule has 160 valence electrons. The molecule has 3 aromatic carbocycles. The fourth-order valence-corrected chi connectivity index (χ4v) is 3.94. The molecule has 3 aromatic rings. The molecule has 0 saturated carbocycles. The Kier molecular flexibility index (Phi) is 8.20. The van der Waals surface area contributed by atoms with Gasteiger partial charge in [-0.15, -0.1) is 0 Å². The van der Waals surface area contributed by atoms with E-state index < -0.39 is 17.6 Å². The first-order valence-corrected chi connectivity index (χ1v) is 10.3. The zero-order chi connectivity index (χ0) is 22.7. The number of nitrogens with zero attached hydrogens (tertiary/aromatic N) is 1. The first kappa shape index (κ1) is 24.9. The molecule has 1 aliphatic rings. The van der Waals surface area contributed by atoms with E-state index >= 15 is 0 Å². The molecule has 1 amide bonds. The molecule has 1 N–H and O–H groups in total. The number of nitrogens with one attached hydrogen (secondary N) is 1. The van der Waals surface area contributed by atoms with Crippen LogP contribution in [0.2, 0.25) is 0 Å². The first-order valence-electron chi connectivity index (χ1n) is 9.51. The molecule has 33 heavy (non-hydrogen) atoms. The molecule has 0 spiro atoms. The third-order valence-corrected chi connectivity index (χ3v) is 5.48. The van der Waals surface area contributed by atoms with Gasteiger partial charge in [0.15, 0.2) is 5.17 Å². The topological polar surface area (TPSA) is 81.6 Å². The molecule has 4 rings (SSSR count). The maximum absolute atomic E-state index is 13.4. The number of hydrogen-bond donors (Lipinski definition) is 1. The summed E-state index contributed by atoms with van der Waals surface area (Å²) in [5, 5.41) is 13.7. The van der Waals surface area contributed by atoms with Gasteiger partial charge in [-0.1, -0.05) is 36.4 Å². The maximum atomic E-state index is 13.4. The van der Waals surface area contributed by atoms with Crippen molar-refractivity contribution < 1.29 is 53.0 Å². The average molecular weight is 472 g/mol. The van der Waals surface area contributed by atoms with Gasteiger partial charge in [0.2, 0.25) is 0 Å². The van der Waals surface area contributed by atoms with Crippen LogP contribution in [0.25, 0.3) is 17.2 Å². The zero-order valence-electron chi connectivity index (χ0n) is 17.5. The Morgan fingerprint density at radius 2 is 1.61 bits per heavy atom. The van der Waals surface area contributed by atoms with Gasteiger partial charge < -0.3 is 15.2 Å². The second-order valence-electron chi connectivity index (χ2n) is 6.98. The van der Waals surface area contributed by atoms with Crippen LogP contribution in [0.1, 0.15) is 11.1 Å². The number of carbonyl (C=O) groups is 2. The number of amides is 1. The van der Waals surface area contributed by atoms with Gasteiger partial charge in [-0.3, -0.25) is 4.79 Å². The number of carboxylic acids is 1. The van der Waals surface area contributed by atoms with E-state index in [0.29, 0.717) is 32.5 Å². The molecule has 1 aliphatic heterocycles. The van der Waals surface area contributed by atoms with Crippen LogP contribution in [0, 0.1) is 11.6 Å². The van der Waals surface area contributed by atoms with Crippen molar-refractivity contribution in [1.29, 1.82) is 0 Å². The number of amidine groups is 1. The average Bonchev–Trinajstić information content (AvgIpc) is 3.07. The molecule has 1 heterocycles. The van der Waals surface area contributed by atoms with Crippen molar-refractivity contribution in [2.24, 2.45) is 4.99 Å². The van der Waals surface area contributed by atoms with Crippen molar-refractivity contribution in [2.45, 2.75) is 6.42 Å². The smallest absolute Gasteiger partial charge is 0.550 e. The van der Waals surface area contributed by atoms with Crippen molar-refractivity contribution in [2.75, 3.05) is 0 Å². The van der Waals surface area contributed by atoms with Crippen molar-refractivity contribution in [3.05, 3.63) is 94.4 Å². The van der Waals surface area contributed by atoms with E-state index in [0.717, 1.165) is 11.6 Å². The van der Waals surface area contributed by atoms with Crippen molar-refractivity contribution in [1.82, 2.24) is 5.32 Å². The van der Waals surface area contributed by atoms with Gasteiger partial charge in [-0.05, 0) is 64.4 Å². The largest absolute Gasteiger partial charge is 1.00 e. The fraction of sp³-hybridized carbons (Fsp3) is 0.0417. The summed E-state index contributed by atoms with van der Waals surface area (Å²) in [6.07, 6.45) is 1.52. The number of thioether (sulfide) groups is 1. The molecule has 0 unspecified atom stereocenters. The number of hydrogen-bond acceptors (Lipinski definition) is 5. The fourth-order valence-electron chi connectivity index (χ4n) is 3.10. The van der Waals surface area contributed by atoms with E-state index in [1.807, 2.05) is 0 Å². The van der Waals surface area contributed by atoms with E-state index in [1.165, 1.54) is 23.9 Å². The predicted molar refractivity (Wildman–Crippen MR) is 118 cm³/mol. The third-order valence-electron chi connectivity index (χ3n) is 4.57. The first-order chi connectivity index (χ1) is 15.4. The summed E-state index contributed by atoms with van der Waals surface area (Å²) in [5.74, 6) is -2.75. The van der Waals surface area contributed by atoms with Crippen LogP contribution in [-0.2, 0) is 16.0 Å². The molecule has 0 aliphatic carbocycles. The molecule has 5 nitrogen and oxygen atoms in total. The van der Waals surface area contributed by atoms with Crippen LogP contribution in [-0.4, -0.2) is 17.0 Å². The Labute approximate surface area is 214 Å². The van der Waals surface area contributed by atoms with Crippen molar-refractivity contribution in [3.8, 4) is 11.1 Å². The third kappa shape index (κ3) is 6.61. The van der Waals surface area contributed by atoms with E-state index in [9.17, 15) is 23.5 Å². The monoisotopic (exact) mass is 472 g/mol. The summed E-state index contributed by atoms with van der Waals surface area (Å²) in [5.41, 5.74) is 2.99. The van der Waals surface area contributed by atoms with E-state index in [-0.39, 0.29) is 41.9 Å². The van der Waals surface area contributed by atoms with E-state index in [1.54, 1.807) is 54.6 Å². The van der Waals surface area contributed by atoms with E-state index in [4.69, 9.17) is 0 Å². The van der Waals surface area contributed by atoms with Gasteiger partial charge in [0.1, 0.15) is 11.6 Å². The molecule has 0 radical (unpaired) electrons. The van der Waals surface area contributed by atoms with Crippen LogP contribution < -0.4 is 40.0 Å². The van der Waals surface area contributed by atoms with Gasteiger partial charge in [-0.25, -0.2) is 13.8 Å². The summed E-state index contributed by atoms with van der Waals surface area (Å²) in [4.78, 5) is 27.7. The van der Waals surface area contributed by atoms with Crippen molar-refractivity contribution >= 4 is 40.6 Å². The Morgan fingerprint density at radius 1 is 0.970 bits per heavy atom. The molecule has 0 aromatic heterocycles. The Hall–Kier alpha value is -2.78. The molecule has 0 atom stereocenters. The summed E-state index contributed by atoms with van der Waals surface area (Å²) in [6, 6.07) is 16.9. The quantitative estimate of drug-likeness (QED) is 0.441. The Balaban J connectivity index is 0.00000306. The number of rotatable bonds is 5. The minimum atomic E-state index is -1.16. The standard InChI is InChI=1S/C24H16F2N2O3S.Na/c25-18-11-17(12-19(26)13-18)16-5-1-14(2-6-16)9-21-23(31)28-24(32-21)27-20-7-3-15(4-8-20)10-22(29)30;/h1-9,11-13H,10H2,(H,29,30)(H,27,28,31);/q;+1/p-1. The van der Waals surface area contributed by atoms with Gasteiger partial charge in [0.25, 0.3) is 5.91 Å². The number of carboxylic acid groups (broad SMARTS) is 1. The number of benzene rings is 3. The van der Waals surface area contributed by atoms with Crippen LogP contribution in [0.15, 0.2) is 76.6 Å². The van der Waals surface area contributed by atoms with Gasteiger partial charge in [-0.2, -0.15) is 0 Å². The van der Waals surface area contributed by atoms with Gasteiger partial charge in [0, 0.05) is 18.5 Å².